The highest BCUT2D eigenvalue weighted by molar-refractivity contribution is 7.93. The van der Waals surface area contributed by atoms with Crippen molar-refractivity contribution in [2.75, 3.05) is 16.6 Å². The second-order valence-electron chi connectivity index (χ2n) is 4.80. The van der Waals surface area contributed by atoms with Crippen LogP contribution < -0.4 is 4.31 Å². The number of aromatic hydroxyl groups is 2. The maximum absolute atomic E-state index is 13.3. The van der Waals surface area contributed by atoms with Crippen molar-refractivity contribution in [3.8, 4) is 22.8 Å². The number of halogens is 2. The topological polar surface area (TPSA) is 91.0 Å². The molecule has 1 aliphatic rings. The first-order valence-corrected chi connectivity index (χ1v) is 8.30. The van der Waals surface area contributed by atoms with Crippen LogP contribution in [0.3, 0.4) is 0 Å². The van der Waals surface area contributed by atoms with E-state index in [0.29, 0.717) is 6.42 Å². The molecule has 1 aromatic carbocycles. The summed E-state index contributed by atoms with van der Waals surface area (Å²) < 4.78 is 43.3. The summed E-state index contributed by atoms with van der Waals surface area (Å²) in [4.78, 5) is 0. The molecular formula is C13H11ClFNO5S. The number of hydrogen-bond donors (Lipinski definition) is 2. The number of furan rings is 1. The summed E-state index contributed by atoms with van der Waals surface area (Å²) in [5.74, 6) is -2.80. The molecule has 2 aromatic rings. The summed E-state index contributed by atoms with van der Waals surface area (Å²) in [5.41, 5.74) is 0.0114. The van der Waals surface area contributed by atoms with E-state index in [2.05, 4.69) is 0 Å². The first-order valence-electron chi connectivity index (χ1n) is 6.32. The smallest absolute Gasteiger partial charge is 0.256 e. The molecule has 0 saturated carbocycles. The Morgan fingerprint density at radius 3 is 2.64 bits per heavy atom. The van der Waals surface area contributed by atoms with Gasteiger partial charge < -0.3 is 14.6 Å². The number of nitrogens with zero attached hydrogens (tertiary/aromatic N) is 1. The van der Waals surface area contributed by atoms with Gasteiger partial charge in [0.1, 0.15) is 5.82 Å². The third-order valence-corrected chi connectivity index (χ3v) is 5.49. The van der Waals surface area contributed by atoms with Crippen molar-refractivity contribution in [3.05, 3.63) is 29.0 Å². The minimum Gasteiger partial charge on any atom is -0.502 e. The quantitative estimate of drug-likeness (QED) is 0.871. The Kier molecular flexibility index (Phi) is 3.45. The molecule has 9 heteroatoms. The molecule has 0 unspecified atom stereocenters. The van der Waals surface area contributed by atoms with Gasteiger partial charge >= 0.3 is 0 Å². The highest BCUT2D eigenvalue weighted by atomic mass is 35.5. The van der Waals surface area contributed by atoms with Crippen LogP contribution in [0.4, 0.5) is 10.3 Å². The normalized spacial score (nSPS) is 17.1. The van der Waals surface area contributed by atoms with Gasteiger partial charge in [0.15, 0.2) is 5.76 Å². The summed E-state index contributed by atoms with van der Waals surface area (Å²) in [5, 5.41) is 20.0. The maximum atomic E-state index is 13.3. The Balaban J connectivity index is 2.16. The third kappa shape index (κ3) is 2.28. The van der Waals surface area contributed by atoms with E-state index in [-0.39, 0.29) is 28.6 Å². The van der Waals surface area contributed by atoms with Gasteiger partial charge in [-0.15, -0.1) is 0 Å². The standard InChI is InChI=1S/C13H11ClFNO5S/c14-9-3-2-7(15)6-8(9)12-10(17)11(18)13(21-12)16-4-1-5-22(16,19)20/h2-3,6,17-18H,1,4-5H2. The van der Waals surface area contributed by atoms with Gasteiger partial charge in [0.05, 0.1) is 10.8 Å². The molecule has 1 aromatic heterocycles. The van der Waals surface area contributed by atoms with Gasteiger partial charge in [-0.1, -0.05) is 11.6 Å². The molecule has 0 atom stereocenters. The predicted molar refractivity (Wildman–Crippen MR) is 78.2 cm³/mol. The van der Waals surface area contributed by atoms with Crippen molar-refractivity contribution >= 4 is 27.5 Å². The average Bonchev–Trinajstić information content (AvgIpc) is 2.94. The molecule has 0 radical (unpaired) electrons. The molecule has 0 amide bonds. The Morgan fingerprint density at radius 2 is 2.00 bits per heavy atom. The fourth-order valence-electron chi connectivity index (χ4n) is 2.29. The zero-order chi connectivity index (χ0) is 16.1. The van der Waals surface area contributed by atoms with E-state index in [0.717, 1.165) is 16.4 Å². The number of hydrogen-bond acceptors (Lipinski definition) is 5. The molecule has 6 nitrogen and oxygen atoms in total. The fraction of sp³-hybridized carbons (Fsp3) is 0.231. The van der Waals surface area contributed by atoms with Crippen molar-refractivity contribution in [3.63, 3.8) is 0 Å². The van der Waals surface area contributed by atoms with Crippen LogP contribution in [0.15, 0.2) is 22.6 Å². The van der Waals surface area contributed by atoms with Crippen molar-refractivity contribution in [2.45, 2.75) is 6.42 Å². The van der Waals surface area contributed by atoms with Crippen LogP contribution in [0.2, 0.25) is 5.02 Å². The molecule has 1 saturated heterocycles. The summed E-state index contributed by atoms with van der Waals surface area (Å²) in [6.07, 6.45) is 0.374. The van der Waals surface area contributed by atoms with Gasteiger partial charge in [0.25, 0.3) is 5.88 Å². The van der Waals surface area contributed by atoms with E-state index in [9.17, 15) is 23.0 Å². The lowest BCUT2D eigenvalue weighted by atomic mass is 10.1. The largest absolute Gasteiger partial charge is 0.502 e. The van der Waals surface area contributed by atoms with Crippen LogP contribution >= 0.6 is 11.6 Å². The highest BCUT2D eigenvalue weighted by Crippen LogP contribution is 2.49. The second kappa shape index (κ2) is 5.06. The van der Waals surface area contributed by atoms with Crippen molar-refractivity contribution in [1.29, 1.82) is 0 Å². The van der Waals surface area contributed by atoms with Gasteiger partial charge in [0.2, 0.25) is 21.5 Å². The zero-order valence-electron chi connectivity index (χ0n) is 11.1. The van der Waals surface area contributed by atoms with Gasteiger partial charge in [-0.05, 0) is 24.6 Å². The van der Waals surface area contributed by atoms with Crippen LogP contribution in [0, 0.1) is 5.82 Å². The summed E-state index contributed by atoms with van der Waals surface area (Å²) in [7, 11) is -3.61. The van der Waals surface area contributed by atoms with E-state index in [1.165, 1.54) is 6.07 Å². The van der Waals surface area contributed by atoms with Crippen LogP contribution in [0.1, 0.15) is 6.42 Å². The lowest BCUT2D eigenvalue weighted by molar-refractivity contribution is 0.409. The Labute approximate surface area is 130 Å². The molecule has 22 heavy (non-hydrogen) atoms. The Bertz CT molecular complexity index is 848. The van der Waals surface area contributed by atoms with E-state index < -0.39 is 33.2 Å². The first-order chi connectivity index (χ1) is 10.3. The molecule has 1 aliphatic heterocycles. The predicted octanol–water partition coefficient (Wildman–Crippen LogP) is 2.69. The third-order valence-electron chi connectivity index (χ3n) is 3.34. The van der Waals surface area contributed by atoms with Crippen molar-refractivity contribution in [2.24, 2.45) is 0 Å². The maximum Gasteiger partial charge on any atom is 0.256 e. The average molecular weight is 348 g/mol. The van der Waals surface area contributed by atoms with Crippen LogP contribution in [-0.4, -0.2) is 30.9 Å². The second-order valence-corrected chi connectivity index (χ2v) is 7.22. The van der Waals surface area contributed by atoms with Gasteiger partial charge in [0, 0.05) is 12.1 Å². The number of benzene rings is 1. The monoisotopic (exact) mass is 347 g/mol. The molecule has 118 valence electrons. The lowest BCUT2D eigenvalue weighted by Crippen LogP contribution is -2.24. The van der Waals surface area contributed by atoms with Crippen LogP contribution in [0.25, 0.3) is 11.3 Å². The summed E-state index contributed by atoms with van der Waals surface area (Å²) in [6, 6.07) is 3.40. The van der Waals surface area contributed by atoms with Crippen LogP contribution in [0.5, 0.6) is 11.5 Å². The van der Waals surface area contributed by atoms with Gasteiger partial charge in [-0.2, -0.15) is 0 Å². The molecule has 0 spiro atoms. The molecule has 2 N–H and O–H groups in total. The fourth-order valence-corrected chi connectivity index (χ4v) is 3.99. The Morgan fingerprint density at radius 1 is 1.27 bits per heavy atom. The van der Waals surface area contributed by atoms with E-state index >= 15 is 0 Å². The van der Waals surface area contributed by atoms with E-state index in [1.807, 2.05) is 0 Å². The SMILES string of the molecule is O=S1(=O)CCCN1c1oc(-c2cc(F)ccc2Cl)c(O)c1O. The highest BCUT2D eigenvalue weighted by Gasteiger charge is 2.36. The number of anilines is 1. The molecule has 2 heterocycles. The van der Waals surface area contributed by atoms with Crippen molar-refractivity contribution in [1.82, 2.24) is 0 Å². The zero-order valence-corrected chi connectivity index (χ0v) is 12.7. The molecule has 0 bridgehead atoms. The van der Waals surface area contributed by atoms with E-state index in [4.69, 9.17) is 16.0 Å². The lowest BCUT2D eigenvalue weighted by Gasteiger charge is -2.12. The minimum atomic E-state index is -3.61. The molecule has 0 aliphatic carbocycles. The van der Waals surface area contributed by atoms with Gasteiger partial charge in [-0.3, -0.25) is 0 Å². The van der Waals surface area contributed by atoms with Crippen LogP contribution in [-0.2, 0) is 10.0 Å². The molecular weight excluding hydrogens is 337 g/mol. The Hall–Kier alpha value is -1.93. The minimum absolute atomic E-state index is 0.0114. The van der Waals surface area contributed by atoms with Crippen molar-refractivity contribution < 1.29 is 27.4 Å². The first kappa shape index (κ1) is 15.0. The molecule has 1 fully saturated rings. The van der Waals surface area contributed by atoms with Gasteiger partial charge in [-0.25, -0.2) is 17.1 Å². The summed E-state index contributed by atoms with van der Waals surface area (Å²) in [6.45, 7) is 0.124. The van der Waals surface area contributed by atoms with E-state index in [1.54, 1.807) is 0 Å². The number of sulfonamides is 1. The number of rotatable bonds is 2. The summed E-state index contributed by atoms with van der Waals surface area (Å²) >= 11 is 5.93. The molecule has 3 rings (SSSR count).